The zero-order valence-corrected chi connectivity index (χ0v) is 17.1. The fourth-order valence-electron chi connectivity index (χ4n) is 3.69. The molecule has 1 amide bonds. The highest BCUT2D eigenvalue weighted by molar-refractivity contribution is 5.94. The number of amides is 1. The van der Waals surface area contributed by atoms with Crippen LogP contribution in [0.3, 0.4) is 0 Å². The zero-order valence-electron chi connectivity index (χ0n) is 17.1. The summed E-state index contributed by atoms with van der Waals surface area (Å²) in [6.45, 7) is 6.18. The lowest BCUT2D eigenvalue weighted by molar-refractivity contribution is 0.0335. The molecule has 0 radical (unpaired) electrons. The van der Waals surface area contributed by atoms with Crippen molar-refractivity contribution in [3.05, 3.63) is 63.3 Å². The number of aromatic amines is 1. The Morgan fingerprint density at radius 2 is 1.93 bits per heavy atom. The number of pyridine rings is 1. The van der Waals surface area contributed by atoms with Gasteiger partial charge in [-0.2, -0.15) is 5.10 Å². The van der Waals surface area contributed by atoms with Crippen LogP contribution in [0, 0.1) is 11.6 Å². The molecule has 2 aromatic heterocycles. The molecule has 0 saturated heterocycles. The van der Waals surface area contributed by atoms with Gasteiger partial charge in [0.1, 0.15) is 0 Å². The Labute approximate surface area is 171 Å². The SMILES string of the molecule is CN(C(=O)c1cnn(C(C)(C)C)c1)[C@@H]1COCc2[nH]c(=O)c3cc(F)c(F)cc3c21. The Balaban J connectivity index is 1.80. The molecular formula is C21H22F2N4O3. The molecule has 0 unspecified atom stereocenters. The first-order valence-corrected chi connectivity index (χ1v) is 9.52. The van der Waals surface area contributed by atoms with Crippen molar-refractivity contribution in [2.45, 2.75) is 39.0 Å². The average molecular weight is 416 g/mol. The maximum Gasteiger partial charge on any atom is 0.257 e. The zero-order chi connectivity index (χ0) is 21.8. The van der Waals surface area contributed by atoms with Crippen molar-refractivity contribution < 1.29 is 18.3 Å². The summed E-state index contributed by atoms with van der Waals surface area (Å²) >= 11 is 0. The Kier molecular flexibility index (Phi) is 4.73. The van der Waals surface area contributed by atoms with Gasteiger partial charge in [-0.15, -0.1) is 0 Å². The number of nitrogens with one attached hydrogen (secondary N) is 1. The minimum Gasteiger partial charge on any atom is -0.373 e. The number of benzene rings is 1. The monoisotopic (exact) mass is 416 g/mol. The molecule has 3 heterocycles. The lowest BCUT2D eigenvalue weighted by atomic mass is 9.95. The van der Waals surface area contributed by atoms with E-state index in [1.807, 2.05) is 20.8 Å². The highest BCUT2D eigenvalue weighted by Crippen LogP contribution is 2.34. The first kappa shape index (κ1) is 20.2. The molecule has 0 bridgehead atoms. The molecule has 30 heavy (non-hydrogen) atoms. The summed E-state index contributed by atoms with van der Waals surface area (Å²) < 4.78 is 35.0. The third-order valence-electron chi connectivity index (χ3n) is 5.34. The molecule has 4 rings (SSSR count). The molecule has 1 aromatic carbocycles. The Morgan fingerprint density at radius 1 is 1.27 bits per heavy atom. The van der Waals surface area contributed by atoms with E-state index < -0.39 is 23.2 Å². The summed E-state index contributed by atoms with van der Waals surface area (Å²) in [5.41, 5.74) is 0.570. The predicted molar refractivity (Wildman–Crippen MR) is 106 cm³/mol. The van der Waals surface area contributed by atoms with Crippen molar-refractivity contribution in [3.63, 3.8) is 0 Å². The molecular weight excluding hydrogens is 394 g/mol. The van der Waals surface area contributed by atoms with Crippen molar-refractivity contribution in [3.8, 4) is 0 Å². The Morgan fingerprint density at radius 3 is 2.57 bits per heavy atom. The molecule has 1 atom stereocenters. The topological polar surface area (TPSA) is 80.2 Å². The summed E-state index contributed by atoms with van der Waals surface area (Å²) in [5.74, 6) is -2.45. The Hall–Kier alpha value is -3.07. The first-order chi connectivity index (χ1) is 14.1. The standard InChI is InChI=1S/C21H22F2N4O3/c1-21(2,3)27-8-11(7-24-27)20(29)26(4)17-10-30-9-16-18(17)12-5-14(22)15(23)6-13(12)19(28)25-16/h5-8,17H,9-10H2,1-4H3,(H,25,28)/t17-/m1/s1. The van der Waals surface area contributed by atoms with Gasteiger partial charge in [0, 0.05) is 24.5 Å². The fourth-order valence-corrected chi connectivity index (χ4v) is 3.69. The molecule has 0 saturated carbocycles. The highest BCUT2D eigenvalue weighted by atomic mass is 19.2. The molecule has 9 heteroatoms. The van der Waals surface area contributed by atoms with E-state index in [2.05, 4.69) is 10.1 Å². The van der Waals surface area contributed by atoms with Crippen LogP contribution in [0.25, 0.3) is 10.8 Å². The maximum atomic E-state index is 14.0. The fraction of sp³-hybridized carbons (Fsp3) is 0.381. The smallest absolute Gasteiger partial charge is 0.257 e. The van der Waals surface area contributed by atoms with E-state index >= 15 is 0 Å². The number of nitrogens with zero attached hydrogens (tertiary/aromatic N) is 3. The molecule has 158 valence electrons. The van der Waals surface area contributed by atoms with E-state index in [1.165, 1.54) is 11.1 Å². The van der Waals surface area contributed by atoms with E-state index in [-0.39, 0.29) is 35.4 Å². The number of aromatic nitrogens is 3. The average Bonchev–Trinajstić information content (AvgIpc) is 3.18. The number of halogens is 2. The van der Waals surface area contributed by atoms with Crippen LogP contribution in [-0.4, -0.2) is 39.2 Å². The minimum atomic E-state index is -1.10. The van der Waals surface area contributed by atoms with Crippen molar-refractivity contribution in [1.29, 1.82) is 0 Å². The number of fused-ring (bicyclic) bond motifs is 3. The second kappa shape index (κ2) is 7.02. The molecule has 7 nitrogen and oxygen atoms in total. The van der Waals surface area contributed by atoms with Crippen molar-refractivity contribution in [2.75, 3.05) is 13.7 Å². The third kappa shape index (κ3) is 3.28. The molecule has 1 aliphatic rings. The van der Waals surface area contributed by atoms with Crippen molar-refractivity contribution >= 4 is 16.7 Å². The number of carbonyl (C=O) groups excluding carboxylic acids is 1. The number of carbonyl (C=O) groups is 1. The quantitative estimate of drug-likeness (QED) is 0.696. The number of ether oxygens (including phenoxy) is 1. The first-order valence-electron chi connectivity index (χ1n) is 9.52. The van der Waals surface area contributed by atoms with Crippen molar-refractivity contribution in [2.24, 2.45) is 0 Å². The molecule has 0 spiro atoms. The molecule has 1 aliphatic heterocycles. The van der Waals surface area contributed by atoms with Crippen LogP contribution in [0.2, 0.25) is 0 Å². The summed E-state index contributed by atoms with van der Waals surface area (Å²) in [4.78, 5) is 29.6. The van der Waals surface area contributed by atoms with Crippen LogP contribution in [0.5, 0.6) is 0 Å². The van der Waals surface area contributed by atoms with Crippen LogP contribution in [0.1, 0.15) is 48.4 Å². The third-order valence-corrected chi connectivity index (χ3v) is 5.34. The van der Waals surface area contributed by atoms with Gasteiger partial charge in [0.25, 0.3) is 11.5 Å². The van der Waals surface area contributed by atoms with Crippen LogP contribution >= 0.6 is 0 Å². The van der Waals surface area contributed by atoms with E-state index in [0.717, 1.165) is 12.1 Å². The molecule has 0 fully saturated rings. The van der Waals surface area contributed by atoms with Crippen LogP contribution < -0.4 is 5.56 Å². The van der Waals surface area contributed by atoms with Gasteiger partial charge in [0.05, 0.1) is 41.9 Å². The van der Waals surface area contributed by atoms with Gasteiger partial charge in [-0.1, -0.05) is 0 Å². The number of hydrogen-bond donors (Lipinski definition) is 1. The van der Waals surface area contributed by atoms with Gasteiger partial charge < -0.3 is 14.6 Å². The number of likely N-dealkylation sites (N-methyl/N-ethyl adjacent to an activating group) is 1. The van der Waals surface area contributed by atoms with Gasteiger partial charge in [-0.3, -0.25) is 14.3 Å². The largest absolute Gasteiger partial charge is 0.373 e. The second-order valence-electron chi connectivity index (χ2n) is 8.45. The van der Waals surface area contributed by atoms with E-state index in [4.69, 9.17) is 4.74 Å². The normalized spacial score (nSPS) is 16.5. The number of rotatable bonds is 2. The van der Waals surface area contributed by atoms with E-state index in [0.29, 0.717) is 16.8 Å². The lowest BCUT2D eigenvalue weighted by Crippen LogP contribution is -2.37. The summed E-state index contributed by atoms with van der Waals surface area (Å²) in [6.07, 6.45) is 3.16. The second-order valence-corrected chi connectivity index (χ2v) is 8.45. The van der Waals surface area contributed by atoms with Crippen LogP contribution in [0.15, 0.2) is 29.3 Å². The summed E-state index contributed by atoms with van der Waals surface area (Å²) in [6, 6.07) is 1.29. The molecule has 0 aliphatic carbocycles. The van der Waals surface area contributed by atoms with Gasteiger partial charge in [-0.05, 0) is 38.3 Å². The van der Waals surface area contributed by atoms with Gasteiger partial charge in [-0.25, -0.2) is 8.78 Å². The number of hydrogen-bond acceptors (Lipinski definition) is 4. The van der Waals surface area contributed by atoms with Crippen LogP contribution in [-0.2, 0) is 16.9 Å². The maximum absolute atomic E-state index is 14.0. The van der Waals surface area contributed by atoms with Gasteiger partial charge in [0.15, 0.2) is 11.6 Å². The van der Waals surface area contributed by atoms with Crippen molar-refractivity contribution in [1.82, 2.24) is 19.7 Å². The van der Waals surface area contributed by atoms with E-state index in [1.54, 1.807) is 17.9 Å². The lowest BCUT2D eigenvalue weighted by Gasteiger charge is -2.33. The van der Waals surface area contributed by atoms with Gasteiger partial charge in [0.2, 0.25) is 0 Å². The van der Waals surface area contributed by atoms with E-state index in [9.17, 15) is 18.4 Å². The molecule has 1 N–H and O–H groups in total. The minimum absolute atomic E-state index is 0.0287. The summed E-state index contributed by atoms with van der Waals surface area (Å²) in [7, 11) is 1.61. The van der Waals surface area contributed by atoms with Crippen LogP contribution in [0.4, 0.5) is 8.78 Å². The highest BCUT2D eigenvalue weighted by Gasteiger charge is 2.32. The predicted octanol–water partition coefficient (Wildman–Crippen LogP) is 3.10. The number of H-pyrrole nitrogens is 1. The molecule has 3 aromatic rings. The Bertz CT molecular complexity index is 1210. The van der Waals surface area contributed by atoms with Gasteiger partial charge >= 0.3 is 0 Å². The summed E-state index contributed by atoms with van der Waals surface area (Å²) in [5, 5.41) is 4.56.